The van der Waals surface area contributed by atoms with Crippen molar-refractivity contribution < 1.29 is 18.9 Å². The van der Waals surface area contributed by atoms with E-state index in [0.717, 1.165) is 5.56 Å². The van der Waals surface area contributed by atoms with Gasteiger partial charge in [0.15, 0.2) is 0 Å². The van der Waals surface area contributed by atoms with E-state index in [2.05, 4.69) is 5.32 Å². The van der Waals surface area contributed by atoms with E-state index >= 15 is 0 Å². The maximum atomic E-state index is 13.1. The van der Waals surface area contributed by atoms with Gasteiger partial charge in [0.2, 0.25) is 5.91 Å². The number of amides is 2. The van der Waals surface area contributed by atoms with Crippen LogP contribution in [0.15, 0.2) is 42.5 Å². The van der Waals surface area contributed by atoms with Crippen LogP contribution in [0.3, 0.4) is 0 Å². The van der Waals surface area contributed by atoms with Crippen LogP contribution in [0.4, 0.5) is 15.8 Å². The first-order valence-corrected chi connectivity index (χ1v) is 9.61. The van der Waals surface area contributed by atoms with E-state index in [-0.39, 0.29) is 23.0 Å². The van der Waals surface area contributed by atoms with Gasteiger partial charge >= 0.3 is 0 Å². The van der Waals surface area contributed by atoms with Crippen LogP contribution in [0, 0.1) is 15.9 Å². The lowest BCUT2D eigenvalue weighted by Crippen LogP contribution is -2.48. The lowest BCUT2D eigenvalue weighted by Gasteiger charge is -2.35. The smallest absolute Gasteiger partial charge is 0.293 e. The molecule has 30 heavy (non-hydrogen) atoms. The summed E-state index contributed by atoms with van der Waals surface area (Å²) >= 11 is 0. The summed E-state index contributed by atoms with van der Waals surface area (Å²) in [5.41, 5.74) is 1.15. The highest BCUT2D eigenvalue weighted by atomic mass is 19.1. The molecular formula is C21H23FN4O4. The molecule has 1 aliphatic heterocycles. The highest BCUT2D eigenvalue weighted by Gasteiger charge is 2.26. The van der Waals surface area contributed by atoms with Gasteiger partial charge in [-0.15, -0.1) is 0 Å². The number of halogens is 1. The third-order valence-corrected chi connectivity index (χ3v) is 5.22. The van der Waals surface area contributed by atoms with Gasteiger partial charge in [0.25, 0.3) is 11.6 Å². The molecule has 2 aromatic rings. The van der Waals surface area contributed by atoms with E-state index in [1.165, 1.54) is 25.1 Å². The summed E-state index contributed by atoms with van der Waals surface area (Å²) in [7, 11) is 0. The van der Waals surface area contributed by atoms with Crippen molar-refractivity contribution in [3.05, 3.63) is 69.5 Å². The third kappa shape index (κ3) is 4.73. The fraction of sp³-hybridized carbons (Fsp3) is 0.333. The number of benzene rings is 2. The van der Waals surface area contributed by atoms with E-state index in [0.29, 0.717) is 31.9 Å². The van der Waals surface area contributed by atoms with E-state index < -0.39 is 16.9 Å². The molecule has 9 heteroatoms. The molecule has 0 aliphatic carbocycles. The minimum absolute atomic E-state index is 0.0218. The molecule has 158 valence electrons. The minimum Gasteiger partial charge on any atom is -0.362 e. The van der Waals surface area contributed by atoms with Gasteiger partial charge in [0, 0.05) is 44.7 Å². The Hall–Kier alpha value is -3.49. The largest absolute Gasteiger partial charge is 0.362 e. The van der Waals surface area contributed by atoms with Crippen LogP contribution in [-0.4, -0.2) is 47.8 Å². The van der Waals surface area contributed by atoms with Crippen molar-refractivity contribution in [3.63, 3.8) is 0 Å². The second kappa shape index (κ2) is 8.89. The molecule has 0 saturated carbocycles. The van der Waals surface area contributed by atoms with E-state index in [1.807, 2.05) is 4.90 Å². The van der Waals surface area contributed by atoms with Crippen molar-refractivity contribution in [3.8, 4) is 0 Å². The van der Waals surface area contributed by atoms with Crippen LogP contribution in [0.5, 0.6) is 0 Å². The van der Waals surface area contributed by atoms with Crippen molar-refractivity contribution in [2.45, 2.75) is 19.9 Å². The zero-order chi connectivity index (χ0) is 21.8. The first-order valence-electron chi connectivity index (χ1n) is 9.61. The molecule has 1 atom stereocenters. The van der Waals surface area contributed by atoms with Crippen molar-refractivity contribution in [2.75, 3.05) is 31.1 Å². The molecule has 0 spiro atoms. The average Bonchev–Trinajstić information content (AvgIpc) is 2.73. The minimum atomic E-state index is -0.507. The van der Waals surface area contributed by atoms with Gasteiger partial charge in [-0.05, 0) is 36.8 Å². The molecule has 2 amide bonds. The zero-order valence-electron chi connectivity index (χ0n) is 16.8. The molecule has 1 unspecified atom stereocenters. The highest BCUT2D eigenvalue weighted by Crippen LogP contribution is 2.30. The van der Waals surface area contributed by atoms with Crippen LogP contribution in [0.2, 0.25) is 0 Å². The number of carbonyl (C=O) groups is 2. The number of piperazine rings is 1. The number of hydrogen-bond donors (Lipinski definition) is 1. The standard InChI is InChI=1S/C21H23FN4O4/c1-14(16-3-6-18(22)7-4-16)23-21(28)17-5-8-19(20(13-17)26(29)30)25-11-9-24(10-12-25)15(2)27/h3-8,13-14H,9-12H2,1-2H3,(H,23,28). The van der Waals surface area contributed by atoms with Gasteiger partial charge < -0.3 is 15.1 Å². The Morgan fingerprint density at radius 1 is 1.10 bits per heavy atom. The Balaban J connectivity index is 1.76. The van der Waals surface area contributed by atoms with Crippen LogP contribution in [0.25, 0.3) is 0 Å². The topological polar surface area (TPSA) is 95.8 Å². The number of nitrogens with zero attached hydrogens (tertiary/aromatic N) is 3. The van der Waals surface area contributed by atoms with Crippen LogP contribution < -0.4 is 10.2 Å². The van der Waals surface area contributed by atoms with Gasteiger partial charge in [-0.3, -0.25) is 19.7 Å². The summed E-state index contributed by atoms with van der Waals surface area (Å²) in [6, 6.07) is 9.76. The maximum absolute atomic E-state index is 13.1. The molecule has 8 nitrogen and oxygen atoms in total. The Labute approximate surface area is 173 Å². The quantitative estimate of drug-likeness (QED) is 0.600. The monoisotopic (exact) mass is 414 g/mol. The number of carbonyl (C=O) groups excluding carboxylic acids is 2. The van der Waals surface area contributed by atoms with Gasteiger partial charge in [0.1, 0.15) is 11.5 Å². The van der Waals surface area contributed by atoms with Crippen molar-refractivity contribution >= 4 is 23.2 Å². The predicted molar refractivity (Wildman–Crippen MR) is 110 cm³/mol. The molecule has 1 N–H and O–H groups in total. The molecule has 1 aliphatic rings. The summed E-state index contributed by atoms with van der Waals surface area (Å²) < 4.78 is 13.1. The fourth-order valence-electron chi connectivity index (χ4n) is 3.46. The van der Waals surface area contributed by atoms with E-state index in [4.69, 9.17) is 0 Å². The number of anilines is 1. The Morgan fingerprint density at radius 3 is 2.30 bits per heavy atom. The Morgan fingerprint density at radius 2 is 1.73 bits per heavy atom. The highest BCUT2D eigenvalue weighted by molar-refractivity contribution is 5.96. The second-order valence-electron chi connectivity index (χ2n) is 7.20. The molecular weight excluding hydrogens is 391 g/mol. The molecule has 0 bridgehead atoms. The summed E-state index contributed by atoms with van der Waals surface area (Å²) in [5, 5.41) is 14.4. The van der Waals surface area contributed by atoms with Gasteiger partial charge in [-0.1, -0.05) is 12.1 Å². The second-order valence-corrected chi connectivity index (χ2v) is 7.20. The zero-order valence-corrected chi connectivity index (χ0v) is 16.8. The van der Waals surface area contributed by atoms with E-state index in [1.54, 1.807) is 36.1 Å². The normalized spacial score (nSPS) is 14.9. The molecule has 2 aromatic carbocycles. The lowest BCUT2D eigenvalue weighted by molar-refractivity contribution is -0.384. The summed E-state index contributed by atoms with van der Waals surface area (Å²) in [4.78, 5) is 38.8. The Kier molecular flexibility index (Phi) is 6.29. The summed E-state index contributed by atoms with van der Waals surface area (Å²) in [6.07, 6.45) is 0. The molecule has 1 fully saturated rings. The van der Waals surface area contributed by atoms with Crippen molar-refractivity contribution in [2.24, 2.45) is 0 Å². The van der Waals surface area contributed by atoms with Crippen LogP contribution >= 0.6 is 0 Å². The number of hydrogen-bond acceptors (Lipinski definition) is 5. The maximum Gasteiger partial charge on any atom is 0.293 e. The van der Waals surface area contributed by atoms with Crippen LogP contribution in [0.1, 0.15) is 35.8 Å². The average molecular weight is 414 g/mol. The predicted octanol–water partition coefficient (Wildman–Crippen LogP) is 2.89. The Bertz CT molecular complexity index is 956. The number of nitro benzene ring substituents is 1. The molecule has 0 radical (unpaired) electrons. The van der Waals surface area contributed by atoms with Gasteiger partial charge in [-0.2, -0.15) is 0 Å². The van der Waals surface area contributed by atoms with Gasteiger partial charge in [0.05, 0.1) is 11.0 Å². The number of rotatable bonds is 5. The lowest BCUT2D eigenvalue weighted by atomic mass is 10.1. The molecule has 3 rings (SSSR count). The van der Waals surface area contributed by atoms with Crippen molar-refractivity contribution in [1.82, 2.24) is 10.2 Å². The third-order valence-electron chi connectivity index (χ3n) is 5.22. The number of nitro groups is 1. The van der Waals surface area contributed by atoms with Crippen molar-refractivity contribution in [1.29, 1.82) is 0 Å². The summed E-state index contributed by atoms with van der Waals surface area (Å²) in [5.74, 6) is -0.845. The van der Waals surface area contributed by atoms with Gasteiger partial charge in [-0.25, -0.2) is 4.39 Å². The fourth-order valence-corrected chi connectivity index (χ4v) is 3.46. The molecule has 1 saturated heterocycles. The first-order chi connectivity index (χ1) is 14.3. The molecule has 0 aromatic heterocycles. The van der Waals surface area contributed by atoms with E-state index in [9.17, 15) is 24.1 Å². The van der Waals surface area contributed by atoms with Crippen LogP contribution in [-0.2, 0) is 4.79 Å². The number of nitrogens with one attached hydrogen (secondary N) is 1. The first kappa shape index (κ1) is 21.2. The molecule has 1 heterocycles. The summed E-state index contributed by atoms with van der Waals surface area (Å²) in [6.45, 7) is 5.19. The SMILES string of the molecule is CC(=O)N1CCN(c2ccc(C(=O)NC(C)c3ccc(F)cc3)cc2[N+](=O)[O-])CC1.